The zero-order valence-electron chi connectivity index (χ0n) is 8.03. The summed E-state index contributed by atoms with van der Waals surface area (Å²) in [4.78, 5) is 4.23. The summed E-state index contributed by atoms with van der Waals surface area (Å²) in [7, 11) is 0. The van der Waals surface area contributed by atoms with E-state index in [-0.39, 0.29) is 24.8 Å². The van der Waals surface area contributed by atoms with Gasteiger partial charge in [-0.1, -0.05) is 11.6 Å². The average Bonchev–Trinajstić information content (AvgIpc) is 2.56. The molecule has 86 valence electrons. The third-order valence-corrected chi connectivity index (χ3v) is 2.27. The van der Waals surface area contributed by atoms with Crippen LogP contribution in [0, 0.1) is 6.92 Å². The third kappa shape index (κ3) is 2.55. The molecule has 0 radical (unpaired) electrons. The molecule has 0 amide bonds. The number of nitrogens with zero attached hydrogens (tertiary/aromatic N) is 3. The van der Waals surface area contributed by atoms with E-state index in [1.54, 1.807) is 4.63 Å². The number of hydrogen-bond acceptors (Lipinski definition) is 3. The monoisotopic (exact) mass is 271 g/mol. The molecule has 3 N–H and O–H groups in total. The lowest BCUT2D eigenvalue weighted by molar-refractivity contribution is 0.766. The van der Waals surface area contributed by atoms with Crippen LogP contribution in [-0.2, 0) is 6.42 Å². The van der Waals surface area contributed by atoms with Crippen molar-refractivity contribution >= 4 is 42.1 Å². The van der Waals surface area contributed by atoms with Crippen LogP contribution in [0.1, 0.15) is 11.5 Å². The number of nitrogens with two attached hydrogens (primary N) is 1. The van der Waals surface area contributed by atoms with Gasteiger partial charge in [-0.2, -0.15) is 4.63 Å². The molecule has 0 bridgehead atoms. The molecule has 2 aromatic rings. The highest BCUT2D eigenvalue weighted by Gasteiger charge is 2.10. The Hall–Kier alpha value is -0.490. The number of aryl methyl sites for hydroxylation is 1. The van der Waals surface area contributed by atoms with Crippen LogP contribution in [0.3, 0.4) is 0 Å². The zero-order valence-corrected chi connectivity index (χ0v) is 10.4. The van der Waals surface area contributed by atoms with Crippen molar-refractivity contribution in [3.8, 4) is 0 Å². The molecule has 2 rings (SSSR count). The summed E-state index contributed by atoms with van der Waals surface area (Å²) in [6.45, 7) is 2.42. The predicted molar refractivity (Wildman–Crippen MR) is 64.3 cm³/mol. The first-order valence-corrected chi connectivity index (χ1v) is 4.40. The van der Waals surface area contributed by atoms with E-state index in [0.29, 0.717) is 23.6 Å². The van der Waals surface area contributed by atoms with Gasteiger partial charge in [-0.25, -0.2) is 4.98 Å². The van der Waals surface area contributed by atoms with Crippen LogP contribution in [0.25, 0.3) is 5.65 Å². The van der Waals surface area contributed by atoms with Gasteiger partial charge in [0.25, 0.3) is 0 Å². The highest BCUT2D eigenvalue weighted by atomic mass is 35.5. The fourth-order valence-corrected chi connectivity index (χ4v) is 1.35. The summed E-state index contributed by atoms with van der Waals surface area (Å²) in [6.07, 6.45) is 0.672. The molecule has 0 aliphatic carbocycles. The topological polar surface area (TPSA) is 72.0 Å². The molecule has 0 spiro atoms. The van der Waals surface area contributed by atoms with Crippen molar-refractivity contribution in [2.45, 2.75) is 13.3 Å². The van der Waals surface area contributed by atoms with Gasteiger partial charge >= 0.3 is 0 Å². The largest absolute Gasteiger partial charge is 0.330 e. The predicted octanol–water partition coefficient (Wildman–Crippen LogP) is 1.36. The minimum atomic E-state index is 0. The third-order valence-electron chi connectivity index (χ3n) is 1.82. The van der Waals surface area contributed by atoms with E-state index in [4.69, 9.17) is 17.3 Å². The van der Waals surface area contributed by atoms with Crippen molar-refractivity contribution in [1.29, 1.82) is 0 Å². The molecule has 0 unspecified atom stereocenters. The van der Waals surface area contributed by atoms with Crippen molar-refractivity contribution in [3.05, 3.63) is 16.5 Å². The van der Waals surface area contributed by atoms with Crippen LogP contribution in [0.5, 0.6) is 0 Å². The summed E-state index contributed by atoms with van der Waals surface area (Å²) >= 11 is 5.97. The normalized spacial score (nSPS) is 9.80. The molecule has 8 heteroatoms. The van der Waals surface area contributed by atoms with Crippen LogP contribution < -0.4 is 5.73 Å². The quantitative estimate of drug-likeness (QED) is 0.867. The Bertz CT molecular complexity index is 435. The second-order valence-electron chi connectivity index (χ2n) is 2.85. The molecular weight excluding hydrogens is 260 g/mol. The van der Waals surface area contributed by atoms with E-state index in [1.807, 2.05) is 6.92 Å². The Kier molecular flexibility index (Phi) is 5.37. The maximum atomic E-state index is 5.97. The Balaban J connectivity index is 0.000000980. The number of H-pyrrole nitrogens is 1. The highest BCUT2D eigenvalue weighted by Crippen LogP contribution is 2.18. The summed E-state index contributed by atoms with van der Waals surface area (Å²) in [5.41, 5.74) is 6.93. The maximum absolute atomic E-state index is 5.97. The van der Waals surface area contributed by atoms with E-state index in [0.717, 1.165) is 11.5 Å². The lowest BCUT2D eigenvalue weighted by Gasteiger charge is -1.87. The number of halogens is 3. The van der Waals surface area contributed by atoms with E-state index in [2.05, 4.69) is 15.2 Å². The van der Waals surface area contributed by atoms with Gasteiger partial charge in [0.05, 0.1) is 5.69 Å². The van der Waals surface area contributed by atoms with Crippen molar-refractivity contribution in [1.82, 2.24) is 19.8 Å². The summed E-state index contributed by atoms with van der Waals surface area (Å²) in [5.74, 6) is 0.718. The average molecular weight is 273 g/mol. The summed E-state index contributed by atoms with van der Waals surface area (Å²) < 4.78 is 1.57. The second kappa shape index (κ2) is 5.55. The Morgan fingerprint density at radius 3 is 2.67 bits per heavy atom. The van der Waals surface area contributed by atoms with Crippen LogP contribution in [0.2, 0.25) is 5.02 Å². The Labute approximate surface area is 104 Å². The molecule has 0 atom stereocenters. The number of rotatable bonds is 2. The van der Waals surface area contributed by atoms with E-state index in [9.17, 15) is 0 Å². The number of nitrogens with one attached hydrogen (secondary N) is 1. The maximum Gasteiger partial charge on any atom is 0.194 e. The van der Waals surface area contributed by atoms with Crippen molar-refractivity contribution < 1.29 is 0 Å². The molecule has 0 saturated heterocycles. The molecule has 2 heterocycles. The van der Waals surface area contributed by atoms with Gasteiger partial charge in [-0.15, -0.1) is 29.9 Å². The zero-order chi connectivity index (χ0) is 9.42. The molecule has 5 nitrogen and oxygen atoms in total. The lowest BCUT2D eigenvalue weighted by Crippen LogP contribution is -2.04. The van der Waals surface area contributed by atoms with E-state index >= 15 is 0 Å². The van der Waals surface area contributed by atoms with Gasteiger partial charge in [0.15, 0.2) is 11.5 Å². The molecule has 0 aromatic carbocycles. The molecule has 0 fully saturated rings. The Morgan fingerprint density at radius 1 is 1.47 bits per heavy atom. The summed E-state index contributed by atoms with van der Waals surface area (Å²) in [5, 5.41) is 7.77. The van der Waals surface area contributed by atoms with E-state index in [1.165, 1.54) is 0 Å². The number of fused-ring (bicyclic) bond motifs is 1. The molecule has 0 aliphatic rings. The molecule has 0 aliphatic heterocycles. The lowest BCUT2D eigenvalue weighted by atomic mass is 10.4. The first-order valence-electron chi connectivity index (χ1n) is 4.02. The van der Waals surface area contributed by atoms with Gasteiger partial charge in [0.1, 0.15) is 5.02 Å². The van der Waals surface area contributed by atoms with Gasteiger partial charge in [0.2, 0.25) is 0 Å². The van der Waals surface area contributed by atoms with Gasteiger partial charge < -0.3 is 5.73 Å². The van der Waals surface area contributed by atoms with Crippen molar-refractivity contribution in [2.24, 2.45) is 5.73 Å². The Morgan fingerprint density at radius 2 is 2.13 bits per heavy atom. The smallest absolute Gasteiger partial charge is 0.194 e. The fourth-order valence-electron chi connectivity index (χ4n) is 1.19. The first-order chi connectivity index (χ1) is 6.22. The van der Waals surface area contributed by atoms with Crippen LogP contribution in [0.4, 0.5) is 0 Å². The van der Waals surface area contributed by atoms with Crippen LogP contribution in [0.15, 0.2) is 0 Å². The number of aromatic amines is 1. The SMILES string of the molecule is Cc1[nH]n2nc(CCN)nc2c1Cl.Cl.Cl. The fraction of sp³-hybridized carbons (Fsp3) is 0.429. The van der Waals surface area contributed by atoms with Gasteiger partial charge in [-0.3, -0.25) is 5.10 Å². The molecule has 0 saturated carbocycles. The van der Waals surface area contributed by atoms with E-state index < -0.39 is 0 Å². The summed E-state index contributed by atoms with van der Waals surface area (Å²) in [6, 6.07) is 0. The van der Waals surface area contributed by atoms with Crippen molar-refractivity contribution in [3.63, 3.8) is 0 Å². The second-order valence-corrected chi connectivity index (χ2v) is 3.23. The van der Waals surface area contributed by atoms with Crippen LogP contribution in [-0.4, -0.2) is 26.4 Å². The first kappa shape index (κ1) is 14.5. The number of hydrogen-bond donors (Lipinski definition) is 2. The minimum Gasteiger partial charge on any atom is -0.330 e. The number of aromatic nitrogens is 4. The standard InChI is InChI=1S/C7H10ClN5.2ClH/c1-4-6(8)7-10-5(2-3-9)12-13(7)11-4;;/h11H,2-3,9H2,1H3;2*1H. The van der Waals surface area contributed by atoms with Crippen LogP contribution >= 0.6 is 36.4 Å². The molecule has 15 heavy (non-hydrogen) atoms. The minimum absolute atomic E-state index is 0. The highest BCUT2D eigenvalue weighted by molar-refractivity contribution is 6.34. The van der Waals surface area contributed by atoms with Gasteiger partial charge in [-0.05, 0) is 13.5 Å². The van der Waals surface area contributed by atoms with Gasteiger partial charge in [0, 0.05) is 6.42 Å². The molecular formula is C7H12Cl3N5. The molecule has 2 aromatic heterocycles. The van der Waals surface area contributed by atoms with Crippen molar-refractivity contribution in [2.75, 3.05) is 6.54 Å².